The molecule has 0 bridgehead atoms. The van der Waals surface area contributed by atoms with Gasteiger partial charge in [-0.05, 0) is 38.2 Å². The van der Waals surface area contributed by atoms with Crippen molar-refractivity contribution in [3.63, 3.8) is 0 Å². The molecular weight excluding hydrogens is 245 g/mol. The average molecular weight is 267 g/mol. The zero-order valence-electron chi connectivity index (χ0n) is 11.6. The van der Waals surface area contributed by atoms with Crippen molar-refractivity contribution in [2.45, 2.75) is 26.2 Å². The van der Waals surface area contributed by atoms with Gasteiger partial charge in [0.1, 0.15) is 5.82 Å². The Balaban J connectivity index is 2.40. The van der Waals surface area contributed by atoms with Crippen LogP contribution < -0.4 is 11.1 Å². The van der Waals surface area contributed by atoms with Crippen LogP contribution in [0.1, 0.15) is 26.2 Å². The molecule has 1 aromatic carbocycles. The van der Waals surface area contributed by atoms with Crippen molar-refractivity contribution >= 4 is 17.3 Å². The van der Waals surface area contributed by atoms with Crippen molar-refractivity contribution < 1.29 is 9.18 Å². The zero-order valence-corrected chi connectivity index (χ0v) is 11.6. The third kappa shape index (κ3) is 5.70. The van der Waals surface area contributed by atoms with Crippen LogP contribution in [0.4, 0.5) is 15.8 Å². The molecule has 19 heavy (non-hydrogen) atoms. The molecule has 106 valence electrons. The van der Waals surface area contributed by atoms with Gasteiger partial charge in [-0.25, -0.2) is 4.39 Å². The summed E-state index contributed by atoms with van der Waals surface area (Å²) in [6.07, 6.45) is 2.58. The summed E-state index contributed by atoms with van der Waals surface area (Å²) >= 11 is 0. The van der Waals surface area contributed by atoms with Crippen molar-refractivity contribution in [2.75, 3.05) is 31.2 Å². The van der Waals surface area contributed by atoms with E-state index in [1.54, 1.807) is 0 Å². The molecule has 1 rings (SSSR count). The summed E-state index contributed by atoms with van der Waals surface area (Å²) in [6, 6.07) is 4.13. The largest absolute Gasteiger partial charge is 0.399 e. The first-order valence-electron chi connectivity index (χ1n) is 6.56. The second kappa shape index (κ2) is 7.74. The molecule has 0 aliphatic rings. The van der Waals surface area contributed by atoms with Crippen LogP contribution in [0.3, 0.4) is 0 Å². The summed E-state index contributed by atoms with van der Waals surface area (Å²) in [4.78, 5) is 13.8. The van der Waals surface area contributed by atoms with Gasteiger partial charge in [0.15, 0.2) is 0 Å². The fourth-order valence-electron chi connectivity index (χ4n) is 1.68. The van der Waals surface area contributed by atoms with Crippen LogP contribution in [-0.4, -0.2) is 30.9 Å². The quantitative estimate of drug-likeness (QED) is 0.746. The highest BCUT2D eigenvalue weighted by atomic mass is 19.1. The number of rotatable bonds is 7. The van der Waals surface area contributed by atoms with E-state index in [0.29, 0.717) is 18.7 Å². The number of amides is 1. The molecule has 4 nitrogen and oxygen atoms in total. The van der Waals surface area contributed by atoms with Gasteiger partial charge in [0.2, 0.25) is 5.91 Å². The summed E-state index contributed by atoms with van der Waals surface area (Å²) in [5.41, 5.74) is 6.12. The van der Waals surface area contributed by atoms with Crippen LogP contribution in [0.25, 0.3) is 0 Å². The molecule has 0 saturated carbocycles. The maximum Gasteiger partial charge on any atom is 0.225 e. The van der Waals surface area contributed by atoms with E-state index in [4.69, 9.17) is 5.73 Å². The number of carbonyl (C=O) groups is 1. The first-order chi connectivity index (χ1) is 9.02. The molecule has 0 fully saturated rings. The Morgan fingerprint density at radius 3 is 2.84 bits per heavy atom. The number of benzene rings is 1. The minimum Gasteiger partial charge on any atom is -0.399 e. The highest BCUT2D eigenvalue weighted by Gasteiger charge is 2.08. The lowest BCUT2D eigenvalue weighted by atomic mass is 10.2. The van der Waals surface area contributed by atoms with E-state index in [-0.39, 0.29) is 11.6 Å². The van der Waals surface area contributed by atoms with Gasteiger partial charge in [-0.3, -0.25) is 4.79 Å². The molecular formula is C14H22FN3O. The molecule has 0 saturated heterocycles. The summed E-state index contributed by atoms with van der Waals surface area (Å²) in [5, 5.41) is 2.54. The molecule has 3 N–H and O–H groups in total. The Bertz CT molecular complexity index is 423. The number of anilines is 2. The van der Waals surface area contributed by atoms with Crippen molar-refractivity contribution in [1.82, 2.24) is 4.90 Å². The predicted molar refractivity (Wildman–Crippen MR) is 76.5 cm³/mol. The number of hydrogen-bond acceptors (Lipinski definition) is 3. The molecule has 0 radical (unpaired) electrons. The van der Waals surface area contributed by atoms with Gasteiger partial charge < -0.3 is 16.0 Å². The fourth-order valence-corrected chi connectivity index (χ4v) is 1.68. The van der Waals surface area contributed by atoms with Crippen molar-refractivity contribution in [3.8, 4) is 0 Å². The molecule has 0 aliphatic carbocycles. The number of carbonyl (C=O) groups excluding carboxylic acids is 1. The van der Waals surface area contributed by atoms with Crippen LogP contribution in [0.15, 0.2) is 18.2 Å². The lowest BCUT2D eigenvalue weighted by molar-refractivity contribution is -0.116. The van der Waals surface area contributed by atoms with Crippen LogP contribution in [0, 0.1) is 5.82 Å². The first-order valence-corrected chi connectivity index (χ1v) is 6.56. The Morgan fingerprint density at radius 2 is 2.16 bits per heavy atom. The third-order valence-electron chi connectivity index (χ3n) is 2.88. The zero-order chi connectivity index (χ0) is 14.3. The molecule has 0 heterocycles. The average Bonchev–Trinajstić information content (AvgIpc) is 2.38. The van der Waals surface area contributed by atoms with E-state index < -0.39 is 5.82 Å². The number of nitrogen functional groups attached to an aromatic ring is 1. The summed E-state index contributed by atoms with van der Waals surface area (Å²) in [5.74, 6) is -0.672. The number of nitrogens with two attached hydrogens (primary N) is 1. The summed E-state index contributed by atoms with van der Waals surface area (Å²) < 4.78 is 13.4. The minimum absolute atomic E-state index is 0.140. The predicted octanol–water partition coefficient (Wildman–Crippen LogP) is 2.47. The molecule has 1 amide bonds. The highest BCUT2D eigenvalue weighted by Crippen LogP contribution is 2.17. The van der Waals surface area contributed by atoms with Crippen LogP contribution in [0.5, 0.6) is 0 Å². The van der Waals surface area contributed by atoms with E-state index in [1.165, 1.54) is 18.2 Å². The van der Waals surface area contributed by atoms with Crippen molar-refractivity contribution in [2.24, 2.45) is 0 Å². The monoisotopic (exact) mass is 267 g/mol. The van der Waals surface area contributed by atoms with Gasteiger partial charge in [-0.1, -0.05) is 13.3 Å². The molecule has 1 aromatic rings. The summed E-state index contributed by atoms with van der Waals surface area (Å²) in [6.45, 7) is 3.76. The highest BCUT2D eigenvalue weighted by molar-refractivity contribution is 5.91. The second-order valence-electron chi connectivity index (χ2n) is 4.69. The van der Waals surface area contributed by atoms with Gasteiger partial charge >= 0.3 is 0 Å². The molecule has 0 spiro atoms. The van der Waals surface area contributed by atoms with Crippen LogP contribution >= 0.6 is 0 Å². The Kier molecular flexibility index (Phi) is 6.29. The van der Waals surface area contributed by atoms with Gasteiger partial charge in [-0.2, -0.15) is 0 Å². The molecule has 0 aliphatic heterocycles. The van der Waals surface area contributed by atoms with E-state index in [9.17, 15) is 9.18 Å². The number of halogens is 1. The second-order valence-corrected chi connectivity index (χ2v) is 4.69. The van der Waals surface area contributed by atoms with Gasteiger partial charge in [0, 0.05) is 18.7 Å². The van der Waals surface area contributed by atoms with E-state index in [2.05, 4.69) is 17.1 Å². The van der Waals surface area contributed by atoms with Crippen LogP contribution in [-0.2, 0) is 4.79 Å². The molecule has 0 atom stereocenters. The lowest BCUT2D eigenvalue weighted by Crippen LogP contribution is -2.25. The van der Waals surface area contributed by atoms with E-state index >= 15 is 0 Å². The maximum atomic E-state index is 13.4. The first kappa shape index (κ1) is 15.4. The topological polar surface area (TPSA) is 58.4 Å². The van der Waals surface area contributed by atoms with Gasteiger partial charge in [-0.15, -0.1) is 0 Å². The number of nitrogens with one attached hydrogen (secondary N) is 1. The number of nitrogens with zero attached hydrogens (tertiary/aromatic N) is 1. The fraction of sp³-hybridized carbons (Fsp3) is 0.500. The Hall–Kier alpha value is -1.62. The van der Waals surface area contributed by atoms with E-state index in [1.807, 2.05) is 7.05 Å². The van der Waals surface area contributed by atoms with Crippen molar-refractivity contribution in [3.05, 3.63) is 24.0 Å². The van der Waals surface area contributed by atoms with Crippen LogP contribution in [0.2, 0.25) is 0 Å². The number of unbranched alkanes of at least 4 members (excludes halogenated alkanes) is 1. The normalized spacial score (nSPS) is 10.7. The lowest BCUT2D eigenvalue weighted by Gasteiger charge is -2.15. The summed E-state index contributed by atoms with van der Waals surface area (Å²) in [7, 11) is 1.98. The van der Waals surface area contributed by atoms with Crippen molar-refractivity contribution in [1.29, 1.82) is 0 Å². The standard InChI is InChI=1S/C14H22FN3O/c1-3-4-8-18(2)9-7-14(19)17-13-10-11(16)5-6-12(13)15/h5-6,10H,3-4,7-9,16H2,1-2H3,(H,17,19). The molecule has 0 unspecified atom stereocenters. The molecule has 0 aromatic heterocycles. The maximum absolute atomic E-state index is 13.4. The number of hydrogen-bond donors (Lipinski definition) is 2. The molecule has 5 heteroatoms. The third-order valence-corrected chi connectivity index (χ3v) is 2.88. The Morgan fingerprint density at radius 1 is 1.42 bits per heavy atom. The smallest absolute Gasteiger partial charge is 0.225 e. The SMILES string of the molecule is CCCCN(C)CCC(=O)Nc1cc(N)ccc1F. The van der Waals surface area contributed by atoms with E-state index in [0.717, 1.165) is 19.4 Å². The van der Waals surface area contributed by atoms with Gasteiger partial charge in [0.05, 0.1) is 5.69 Å². The van der Waals surface area contributed by atoms with Gasteiger partial charge in [0.25, 0.3) is 0 Å². The Labute approximate surface area is 113 Å². The minimum atomic E-state index is -0.470.